The van der Waals surface area contributed by atoms with E-state index >= 15 is 0 Å². The van der Waals surface area contributed by atoms with Crippen molar-refractivity contribution in [1.82, 2.24) is 0 Å². The van der Waals surface area contributed by atoms with Gasteiger partial charge in [-0.25, -0.2) is 0 Å². The van der Waals surface area contributed by atoms with Crippen LogP contribution in [0.1, 0.15) is 22.3 Å². The second-order valence-corrected chi connectivity index (χ2v) is 7.99. The van der Waals surface area contributed by atoms with Crippen molar-refractivity contribution in [3.8, 4) is 0 Å². The van der Waals surface area contributed by atoms with E-state index in [1.807, 2.05) is 0 Å². The van der Waals surface area contributed by atoms with Crippen molar-refractivity contribution in [3.05, 3.63) is 40.5 Å². The standard InChI is InChI=1S/C13H14Cl.2ClH.Zr/c1-8-4-5-11(7-14)13-10(3)9(2)6-12(8)13;;;/h4-6H,7H2,1-3H3;2*1H;/q-1;;;+2/p-2. The van der Waals surface area contributed by atoms with E-state index in [-0.39, 0.29) is 0 Å². The average Bonchev–Trinajstić information content (AvgIpc) is 2.59. The molecule has 0 amide bonds. The summed E-state index contributed by atoms with van der Waals surface area (Å²) < 4.78 is 0. The zero-order valence-electron chi connectivity index (χ0n) is 10.1. The van der Waals surface area contributed by atoms with Gasteiger partial charge in [0.25, 0.3) is 0 Å². The molecule has 0 saturated carbocycles. The summed E-state index contributed by atoms with van der Waals surface area (Å²) in [6.45, 7) is 6.49. The van der Waals surface area contributed by atoms with Crippen molar-refractivity contribution in [2.75, 3.05) is 0 Å². The Morgan fingerprint density at radius 1 is 1.18 bits per heavy atom. The van der Waals surface area contributed by atoms with Gasteiger partial charge in [-0.05, 0) is 0 Å². The van der Waals surface area contributed by atoms with Crippen molar-refractivity contribution in [2.24, 2.45) is 0 Å². The molecule has 2 aromatic rings. The van der Waals surface area contributed by atoms with Gasteiger partial charge >= 0.3 is 37.9 Å². The first-order valence-corrected chi connectivity index (χ1v) is 12.1. The molecule has 0 aromatic heterocycles. The maximum atomic E-state index is 5.94. The van der Waals surface area contributed by atoms with Crippen molar-refractivity contribution in [1.29, 1.82) is 0 Å². The summed E-state index contributed by atoms with van der Waals surface area (Å²) >= 11 is 5.11. The SMILES string of the molecule is Cc1[cH-]c2c(C)ccc(CCl)c2c1C.[Cl][Zr][Cl]. The summed E-state index contributed by atoms with van der Waals surface area (Å²) in [7, 11) is 9.87. The summed E-state index contributed by atoms with van der Waals surface area (Å²) in [5.41, 5.74) is 5.32. The van der Waals surface area contributed by atoms with Crippen LogP contribution < -0.4 is 0 Å². The van der Waals surface area contributed by atoms with Gasteiger partial charge in [0.15, 0.2) is 0 Å². The Bertz CT molecular complexity index is 503. The molecule has 2 aromatic carbocycles. The molecule has 92 valence electrons. The molecule has 0 atom stereocenters. The van der Waals surface area contributed by atoms with E-state index in [0.717, 1.165) is 0 Å². The predicted molar refractivity (Wildman–Crippen MR) is 75.0 cm³/mol. The molecule has 0 saturated heterocycles. The van der Waals surface area contributed by atoms with Crippen molar-refractivity contribution < 1.29 is 20.8 Å². The van der Waals surface area contributed by atoms with Gasteiger partial charge in [-0.15, -0.1) is 45.6 Å². The minimum atomic E-state index is -0.826. The third-order valence-corrected chi connectivity index (χ3v) is 3.31. The summed E-state index contributed by atoms with van der Waals surface area (Å²) in [6, 6.07) is 6.55. The van der Waals surface area contributed by atoms with Gasteiger partial charge in [0.1, 0.15) is 0 Å². The summed E-state index contributed by atoms with van der Waals surface area (Å²) in [4.78, 5) is 0. The number of rotatable bonds is 1. The van der Waals surface area contributed by atoms with Gasteiger partial charge in [0, 0.05) is 5.88 Å². The molecular weight excluding hydrogens is 354 g/mol. The van der Waals surface area contributed by atoms with E-state index in [1.54, 1.807) is 0 Å². The fourth-order valence-electron chi connectivity index (χ4n) is 2.03. The fraction of sp³-hybridized carbons (Fsp3) is 0.308. The maximum absolute atomic E-state index is 5.94. The van der Waals surface area contributed by atoms with Crippen LogP contribution in [0, 0.1) is 20.8 Å². The first kappa shape index (κ1) is 15.6. The van der Waals surface area contributed by atoms with Gasteiger partial charge in [0.2, 0.25) is 0 Å². The Labute approximate surface area is 126 Å². The second kappa shape index (κ2) is 7.24. The third kappa shape index (κ3) is 3.54. The van der Waals surface area contributed by atoms with Gasteiger partial charge in [0.05, 0.1) is 0 Å². The van der Waals surface area contributed by atoms with E-state index in [2.05, 4.69) is 39.0 Å². The van der Waals surface area contributed by atoms with Crippen LogP contribution in [-0.2, 0) is 26.7 Å². The third-order valence-electron chi connectivity index (χ3n) is 3.02. The molecule has 0 nitrogen and oxygen atoms in total. The number of hydrogen-bond acceptors (Lipinski definition) is 0. The van der Waals surface area contributed by atoms with Gasteiger partial charge in [-0.3, -0.25) is 0 Å². The van der Waals surface area contributed by atoms with E-state index in [1.165, 1.54) is 33.0 Å². The number of benzene rings is 1. The summed E-state index contributed by atoms with van der Waals surface area (Å²) in [5, 5.41) is 2.72. The molecule has 0 heterocycles. The molecule has 0 spiro atoms. The van der Waals surface area contributed by atoms with Crippen molar-refractivity contribution in [3.63, 3.8) is 0 Å². The first-order chi connectivity index (χ1) is 8.06. The van der Waals surface area contributed by atoms with Crippen LogP contribution in [0.3, 0.4) is 0 Å². The Hall–Kier alpha value is 0.583. The molecule has 0 radical (unpaired) electrons. The van der Waals surface area contributed by atoms with Crippen LogP contribution in [0.25, 0.3) is 10.8 Å². The molecule has 17 heavy (non-hydrogen) atoms. The number of aryl methyl sites for hydroxylation is 3. The Balaban J connectivity index is 0.000000437. The topological polar surface area (TPSA) is 0 Å². The van der Waals surface area contributed by atoms with Crippen LogP contribution in [-0.4, -0.2) is 0 Å². The van der Waals surface area contributed by atoms with Crippen LogP contribution >= 0.6 is 28.6 Å². The van der Waals surface area contributed by atoms with E-state index in [4.69, 9.17) is 28.6 Å². The molecule has 0 bridgehead atoms. The second-order valence-electron chi connectivity index (χ2n) is 3.99. The van der Waals surface area contributed by atoms with Crippen molar-refractivity contribution >= 4 is 39.4 Å². The number of hydrogen-bond donors (Lipinski definition) is 0. The van der Waals surface area contributed by atoms with E-state index in [9.17, 15) is 0 Å². The van der Waals surface area contributed by atoms with Crippen LogP contribution in [0.4, 0.5) is 0 Å². The minimum absolute atomic E-state index is 0.598. The molecule has 0 N–H and O–H groups in total. The predicted octanol–water partition coefficient (Wildman–Crippen LogP) is 5.60. The van der Waals surface area contributed by atoms with Crippen LogP contribution in [0.2, 0.25) is 0 Å². The first-order valence-electron chi connectivity index (χ1n) is 5.24. The average molecular weight is 368 g/mol. The molecule has 0 aliphatic rings. The molecule has 0 aliphatic heterocycles. The molecule has 0 aliphatic carbocycles. The Kier molecular flexibility index (Phi) is 6.66. The summed E-state index contributed by atoms with van der Waals surface area (Å²) in [5.74, 6) is 0.598. The fourth-order valence-corrected chi connectivity index (χ4v) is 2.25. The van der Waals surface area contributed by atoms with E-state index in [0.29, 0.717) is 5.88 Å². The quantitative estimate of drug-likeness (QED) is 0.454. The monoisotopic (exact) mass is 365 g/mol. The number of fused-ring (bicyclic) bond motifs is 1. The van der Waals surface area contributed by atoms with Crippen LogP contribution in [0.15, 0.2) is 18.2 Å². The van der Waals surface area contributed by atoms with E-state index < -0.39 is 20.8 Å². The molecule has 2 rings (SSSR count). The van der Waals surface area contributed by atoms with Gasteiger partial charge in [-0.1, -0.05) is 32.4 Å². The molecule has 0 unspecified atom stereocenters. The van der Waals surface area contributed by atoms with Crippen molar-refractivity contribution in [2.45, 2.75) is 26.7 Å². The summed E-state index contributed by atoms with van der Waals surface area (Å²) in [6.07, 6.45) is 0. The van der Waals surface area contributed by atoms with Gasteiger partial charge in [-0.2, -0.15) is 5.56 Å². The molecule has 0 fully saturated rings. The van der Waals surface area contributed by atoms with Gasteiger partial charge < -0.3 is 0 Å². The Morgan fingerprint density at radius 3 is 2.29 bits per heavy atom. The molecule has 4 heteroatoms. The zero-order chi connectivity index (χ0) is 13.0. The normalized spacial score (nSPS) is 10.0. The molecular formula is C13H14Cl3Zr-. The zero-order valence-corrected chi connectivity index (χ0v) is 14.8. The van der Waals surface area contributed by atoms with Crippen LogP contribution in [0.5, 0.6) is 0 Å². The Morgan fingerprint density at radius 2 is 1.76 bits per heavy atom. The number of alkyl halides is 1. The number of halogens is 3.